The molecular weight excluding hydrogens is 205 g/mol. The number of benzene rings is 1. The van der Waals surface area contributed by atoms with E-state index >= 15 is 0 Å². The van der Waals surface area contributed by atoms with Gasteiger partial charge in [-0.15, -0.1) is 0 Å². The number of carbonyl (C=O) groups excluding carboxylic acids is 1. The molecule has 1 amide bonds. The van der Waals surface area contributed by atoms with Gasteiger partial charge in [-0.1, -0.05) is 13.3 Å². The van der Waals surface area contributed by atoms with Crippen molar-refractivity contribution in [2.45, 2.75) is 39.3 Å². The van der Waals surface area contributed by atoms with E-state index in [1.54, 1.807) is 6.07 Å². The second kappa shape index (κ2) is 4.24. The van der Waals surface area contributed by atoms with Crippen LogP contribution in [0.2, 0.25) is 0 Å². The average Bonchev–Trinajstić information content (AvgIpc) is 2.56. The normalized spacial score (nSPS) is 16.4. The number of amides is 1. The lowest BCUT2D eigenvalue weighted by Crippen LogP contribution is -2.33. The van der Waals surface area contributed by atoms with Crippen LogP contribution in [0.15, 0.2) is 18.2 Å². The summed E-state index contributed by atoms with van der Waals surface area (Å²) in [6, 6.07) is 4.63. The van der Waals surface area contributed by atoms with Gasteiger partial charge in [-0.2, -0.15) is 0 Å². The van der Waals surface area contributed by atoms with Crippen molar-refractivity contribution in [3.63, 3.8) is 0 Å². The lowest BCUT2D eigenvalue weighted by molar-refractivity contribution is 0.0709. The Hall–Kier alpha value is -1.38. The Labute approximate surface area is 95.1 Å². The largest absolute Gasteiger partial charge is 0.332 e. The second-order valence-electron chi connectivity index (χ2n) is 4.37. The molecule has 86 valence electrons. The molecule has 3 heteroatoms. The molecule has 0 spiro atoms. The van der Waals surface area contributed by atoms with E-state index in [-0.39, 0.29) is 17.8 Å². The Kier molecular flexibility index (Phi) is 2.95. The summed E-state index contributed by atoms with van der Waals surface area (Å²) in [6.07, 6.45) is 2.04. The number of halogens is 1. The Morgan fingerprint density at radius 2 is 2.25 bits per heavy atom. The van der Waals surface area contributed by atoms with Crippen molar-refractivity contribution in [3.05, 3.63) is 35.1 Å². The van der Waals surface area contributed by atoms with Crippen LogP contribution in [0, 0.1) is 5.82 Å². The smallest absolute Gasteiger partial charge is 0.254 e. The van der Waals surface area contributed by atoms with E-state index in [2.05, 4.69) is 6.92 Å². The SMILES string of the molecule is CCCC(C)N1Cc2cc(F)ccc2C1=O. The molecule has 1 aliphatic rings. The van der Waals surface area contributed by atoms with Gasteiger partial charge in [-0.05, 0) is 37.1 Å². The van der Waals surface area contributed by atoms with E-state index in [0.29, 0.717) is 12.1 Å². The van der Waals surface area contributed by atoms with Gasteiger partial charge in [0.05, 0.1) is 0 Å². The van der Waals surface area contributed by atoms with Crippen LogP contribution >= 0.6 is 0 Å². The molecule has 2 nitrogen and oxygen atoms in total. The average molecular weight is 221 g/mol. The first kappa shape index (κ1) is 11.1. The van der Waals surface area contributed by atoms with Gasteiger partial charge in [-0.25, -0.2) is 4.39 Å². The van der Waals surface area contributed by atoms with E-state index in [9.17, 15) is 9.18 Å². The first-order chi connectivity index (χ1) is 7.63. The number of hydrogen-bond acceptors (Lipinski definition) is 1. The molecule has 1 aromatic carbocycles. The van der Waals surface area contributed by atoms with E-state index in [1.807, 2.05) is 11.8 Å². The summed E-state index contributed by atoms with van der Waals surface area (Å²) >= 11 is 0. The van der Waals surface area contributed by atoms with Gasteiger partial charge < -0.3 is 4.90 Å². The molecule has 1 atom stereocenters. The summed E-state index contributed by atoms with van der Waals surface area (Å²) in [6.45, 7) is 4.70. The first-order valence-corrected chi connectivity index (χ1v) is 5.73. The first-order valence-electron chi connectivity index (χ1n) is 5.73. The van der Waals surface area contributed by atoms with Crippen molar-refractivity contribution < 1.29 is 9.18 Å². The summed E-state index contributed by atoms with van der Waals surface area (Å²) < 4.78 is 13.0. The van der Waals surface area contributed by atoms with Crippen molar-refractivity contribution in [2.75, 3.05) is 0 Å². The molecule has 0 aromatic heterocycles. The number of nitrogens with zero attached hydrogens (tertiary/aromatic N) is 1. The van der Waals surface area contributed by atoms with Crippen molar-refractivity contribution in [3.8, 4) is 0 Å². The zero-order chi connectivity index (χ0) is 11.7. The fourth-order valence-corrected chi connectivity index (χ4v) is 2.24. The Morgan fingerprint density at radius 3 is 2.94 bits per heavy atom. The van der Waals surface area contributed by atoms with Crippen LogP contribution in [0.1, 0.15) is 42.6 Å². The standard InChI is InChI=1S/C13H16FNO/c1-3-4-9(2)15-8-10-7-11(14)5-6-12(10)13(15)16/h5-7,9H,3-4,8H2,1-2H3. The van der Waals surface area contributed by atoms with Crippen molar-refractivity contribution in [2.24, 2.45) is 0 Å². The minimum absolute atomic E-state index is 0.0379. The van der Waals surface area contributed by atoms with Gasteiger partial charge in [0.25, 0.3) is 5.91 Å². The molecule has 0 radical (unpaired) electrons. The number of hydrogen-bond donors (Lipinski definition) is 0. The quantitative estimate of drug-likeness (QED) is 0.768. The van der Waals surface area contributed by atoms with E-state index in [0.717, 1.165) is 18.4 Å². The highest BCUT2D eigenvalue weighted by Gasteiger charge is 2.30. The van der Waals surface area contributed by atoms with Gasteiger partial charge in [-0.3, -0.25) is 4.79 Å². The molecule has 1 aliphatic heterocycles. The molecule has 0 aliphatic carbocycles. The third-order valence-electron chi connectivity index (χ3n) is 3.14. The number of rotatable bonds is 3. The highest BCUT2D eigenvalue weighted by Crippen LogP contribution is 2.26. The highest BCUT2D eigenvalue weighted by atomic mass is 19.1. The monoisotopic (exact) mass is 221 g/mol. The molecule has 16 heavy (non-hydrogen) atoms. The van der Waals surface area contributed by atoms with Crippen molar-refractivity contribution >= 4 is 5.91 Å². The lowest BCUT2D eigenvalue weighted by atomic mass is 10.1. The van der Waals surface area contributed by atoms with Crippen LogP contribution in [-0.4, -0.2) is 16.8 Å². The maximum Gasteiger partial charge on any atom is 0.254 e. The summed E-state index contributed by atoms with van der Waals surface area (Å²) in [5.74, 6) is -0.229. The number of fused-ring (bicyclic) bond motifs is 1. The fourth-order valence-electron chi connectivity index (χ4n) is 2.24. The molecule has 0 N–H and O–H groups in total. The fraction of sp³-hybridized carbons (Fsp3) is 0.462. The molecule has 1 aromatic rings. The molecule has 0 saturated carbocycles. The van der Waals surface area contributed by atoms with Crippen LogP contribution < -0.4 is 0 Å². The Balaban J connectivity index is 2.23. The van der Waals surface area contributed by atoms with Crippen LogP contribution in [0.4, 0.5) is 4.39 Å². The van der Waals surface area contributed by atoms with Gasteiger partial charge in [0.15, 0.2) is 0 Å². The summed E-state index contributed by atoms with van der Waals surface area (Å²) in [7, 11) is 0. The molecule has 2 rings (SSSR count). The predicted molar refractivity (Wildman–Crippen MR) is 60.6 cm³/mol. The van der Waals surface area contributed by atoms with Crippen molar-refractivity contribution in [1.29, 1.82) is 0 Å². The third kappa shape index (κ3) is 1.82. The minimum Gasteiger partial charge on any atom is -0.332 e. The van der Waals surface area contributed by atoms with E-state index < -0.39 is 0 Å². The van der Waals surface area contributed by atoms with Gasteiger partial charge in [0, 0.05) is 18.2 Å². The maximum atomic E-state index is 13.0. The van der Waals surface area contributed by atoms with Crippen LogP contribution in [-0.2, 0) is 6.54 Å². The van der Waals surface area contributed by atoms with Crippen LogP contribution in [0.3, 0.4) is 0 Å². The maximum absolute atomic E-state index is 13.0. The van der Waals surface area contributed by atoms with Gasteiger partial charge in [0.1, 0.15) is 5.82 Å². The predicted octanol–water partition coefficient (Wildman–Crippen LogP) is 2.97. The van der Waals surface area contributed by atoms with Gasteiger partial charge >= 0.3 is 0 Å². The molecular formula is C13H16FNO. The number of carbonyl (C=O) groups is 1. The molecule has 0 saturated heterocycles. The molecule has 1 unspecified atom stereocenters. The molecule has 0 fully saturated rings. The van der Waals surface area contributed by atoms with Crippen molar-refractivity contribution in [1.82, 2.24) is 4.90 Å². The zero-order valence-electron chi connectivity index (χ0n) is 9.66. The molecule has 0 bridgehead atoms. The van der Waals surface area contributed by atoms with Crippen LogP contribution in [0.5, 0.6) is 0 Å². The lowest BCUT2D eigenvalue weighted by Gasteiger charge is -2.23. The molecule has 1 heterocycles. The van der Waals surface area contributed by atoms with Gasteiger partial charge in [0.2, 0.25) is 0 Å². The summed E-state index contributed by atoms with van der Waals surface area (Å²) in [4.78, 5) is 13.9. The topological polar surface area (TPSA) is 20.3 Å². The third-order valence-corrected chi connectivity index (χ3v) is 3.14. The van der Waals surface area contributed by atoms with E-state index in [4.69, 9.17) is 0 Å². The highest BCUT2D eigenvalue weighted by molar-refractivity contribution is 5.98. The second-order valence-corrected chi connectivity index (χ2v) is 4.37. The van der Waals surface area contributed by atoms with Crippen LogP contribution in [0.25, 0.3) is 0 Å². The minimum atomic E-state index is -0.267. The summed E-state index contributed by atoms with van der Waals surface area (Å²) in [5.41, 5.74) is 1.47. The Bertz CT molecular complexity index is 416. The Morgan fingerprint density at radius 1 is 1.50 bits per heavy atom. The van der Waals surface area contributed by atoms with E-state index in [1.165, 1.54) is 12.1 Å². The zero-order valence-corrected chi connectivity index (χ0v) is 9.66. The summed E-state index contributed by atoms with van der Waals surface area (Å²) in [5, 5.41) is 0.